The Labute approximate surface area is 118 Å². The van der Waals surface area contributed by atoms with Crippen molar-refractivity contribution in [3.05, 3.63) is 29.8 Å². The molecule has 1 rings (SSSR count). The Kier molecular flexibility index (Phi) is 6.43. The zero-order valence-corrected chi connectivity index (χ0v) is 12.1. The first-order chi connectivity index (χ1) is 9.51. The van der Waals surface area contributed by atoms with Gasteiger partial charge in [-0.15, -0.1) is 0 Å². The highest BCUT2D eigenvalue weighted by molar-refractivity contribution is 7.91. The number of nitrogens with zero attached hydrogens (tertiary/aromatic N) is 1. The number of rotatable bonds is 8. The number of benzene rings is 1. The zero-order valence-electron chi connectivity index (χ0n) is 11.2. The van der Waals surface area contributed by atoms with Crippen LogP contribution in [0.3, 0.4) is 0 Å². The maximum atomic E-state index is 12.1. The molecule has 1 aromatic rings. The molecule has 0 aromatic heterocycles. The Hall–Kier alpha value is -1.64. The largest absolute Gasteiger partial charge is 0.409 e. The van der Waals surface area contributed by atoms with Crippen molar-refractivity contribution in [3.8, 4) is 0 Å². The van der Waals surface area contributed by atoms with Gasteiger partial charge in [-0.3, -0.25) is 0 Å². The van der Waals surface area contributed by atoms with Gasteiger partial charge in [0.1, 0.15) is 0 Å². The van der Waals surface area contributed by atoms with Crippen LogP contribution < -0.4 is 11.1 Å². The lowest BCUT2D eigenvalue weighted by molar-refractivity contribution is 0.200. The van der Waals surface area contributed by atoms with Gasteiger partial charge in [-0.05, 0) is 12.1 Å². The van der Waals surface area contributed by atoms with Crippen LogP contribution in [0.4, 0.5) is 0 Å². The van der Waals surface area contributed by atoms with Gasteiger partial charge in [-0.2, -0.15) is 0 Å². The molecule has 0 aliphatic rings. The van der Waals surface area contributed by atoms with Crippen LogP contribution in [0.5, 0.6) is 0 Å². The third-order valence-electron chi connectivity index (χ3n) is 2.63. The molecule has 8 heteroatoms. The van der Waals surface area contributed by atoms with E-state index < -0.39 is 9.84 Å². The Balaban J connectivity index is 2.72. The van der Waals surface area contributed by atoms with Gasteiger partial charge in [-0.25, -0.2) is 8.42 Å². The second-order valence-electron chi connectivity index (χ2n) is 4.07. The van der Waals surface area contributed by atoms with Crippen molar-refractivity contribution < 1.29 is 18.4 Å². The summed E-state index contributed by atoms with van der Waals surface area (Å²) in [4.78, 5) is 0.148. The summed E-state index contributed by atoms with van der Waals surface area (Å²) >= 11 is 0. The zero-order chi connectivity index (χ0) is 15.0. The van der Waals surface area contributed by atoms with Crippen LogP contribution in [0.25, 0.3) is 0 Å². The number of ether oxygens (including phenoxy) is 1. The second-order valence-corrected chi connectivity index (χ2v) is 6.18. The Morgan fingerprint density at radius 1 is 1.45 bits per heavy atom. The number of hydrogen-bond acceptors (Lipinski definition) is 6. The van der Waals surface area contributed by atoms with Gasteiger partial charge in [-0.1, -0.05) is 17.3 Å². The maximum absolute atomic E-state index is 12.1. The van der Waals surface area contributed by atoms with Crippen LogP contribution in [-0.2, 0) is 14.6 Å². The van der Waals surface area contributed by atoms with Crippen molar-refractivity contribution in [3.63, 3.8) is 0 Å². The average Bonchev–Trinajstić information content (AvgIpc) is 2.46. The number of sulfone groups is 1. The fourth-order valence-electron chi connectivity index (χ4n) is 1.53. The summed E-state index contributed by atoms with van der Waals surface area (Å²) in [7, 11) is -1.83. The van der Waals surface area contributed by atoms with E-state index in [-0.39, 0.29) is 16.5 Å². The van der Waals surface area contributed by atoms with Gasteiger partial charge in [0.2, 0.25) is 0 Å². The molecule has 0 aliphatic heterocycles. The van der Waals surface area contributed by atoms with E-state index in [4.69, 9.17) is 15.7 Å². The smallest absolute Gasteiger partial charge is 0.179 e. The minimum atomic E-state index is -3.41. The first-order valence-electron chi connectivity index (χ1n) is 6.01. The van der Waals surface area contributed by atoms with E-state index in [0.29, 0.717) is 25.3 Å². The second kappa shape index (κ2) is 7.83. The minimum Gasteiger partial charge on any atom is -0.409 e. The lowest BCUT2D eigenvalue weighted by Crippen LogP contribution is -2.26. The van der Waals surface area contributed by atoms with E-state index >= 15 is 0 Å². The molecule has 0 saturated carbocycles. The van der Waals surface area contributed by atoms with Crippen molar-refractivity contribution in [1.29, 1.82) is 0 Å². The molecule has 4 N–H and O–H groups in total. The van der Waals surface area contributed by atoms with Crippen LogP contribution in [0, 0.1) is 0 Å². The van der Waals surface area contributed by atoms with E-state index in [0.717, 1.165) is 0 Å². The highest BCUT2D eigenvalue weighted by Crippen LogP contribution is 2.13. The lowest BCUT2D eigenvalue weighted by atomic mass is 10.2. The molecule has 1 aromatic carbocycles. The summed E-state index contributed by atoms with van der Waals surface area (Å²) in [5, 5.41) is 14.4. The predicted molar refractivity (Wildman–Crippen MR) is 75.8 cm³/mol. The number of methoxy groups -OCH3 is 1. The van der Waals surface area contributed by atoms with Crippen molar-refractivity contribution in [2.24, 2.45) is 10.9 Å². The molecule has 0 fully saturated rings. The van der Waals surface area contributed by atoms with Crippen molar-refractivity contribution in [2.45, 2.75) is 4.90 Å². The molecule has 0 aliphatic carbocycles. The first-order valence-corrected chi connectivity index (χ1v) is 7.67. The van der Waals surface area contributed by atoms with E-state index in [1.807, 2.05) is 0 Å². The van der Waals surface area contributed by atoms with Crippen LogP contribution in [0.2, 0.25) is 0 Å². The highest BCUT2D eigenvalue weighted by atomic mass is 32.2. The van der Waals surface area contributed by atoms with Gasteiger partial charge in [0.15, 0.2) is 15.7 Å². The van der Waals surface area contributed by atoms with Gasteiger partial charge in [0.25, 0.3) is 0 Å². The molecular formula is C12H19N3O4S. The molecular weight excluding hydrogens is 282 g/mol. The topological polar surface area (TPSA) is 114 Å². The van der Waals surface area contributed by atoms with Crippen LogP contribution in [-0.4, -0.2) is 52.0 Å². The Morgan fingerprint density at radius 3 is 2.85 bits per heavy atom. The van der Waals surface area contributed by atoms with Gasteiger partial charge in [0, 0.05) is 25.8 Å². The third-order valence-corrected chi connectivity index (χ3v) is 4.34. The summed E-state index contributed by atoms with van der Waals surface area (Å²) in [5.41, 5.74) is 5.80. The van der Waals surface area contributed by atoms with Gasteiger partial charge >= 0.3 is 0 Å². The Morgan fingerprint density at radius 2 is 2.20 bits per heavy atom. The Bertz CT molecular complexity index is 558. The standard InChI is InChI=1S/C12H19N3O4S/c1-19-7-5-14-6-8-20(17,18)11-4-2-3-10(9-11)12(13)15-16/h2-4,9,14,16H,5-8H2,1H3,(H2,13,15). The normalized spacial score (nSPS) is 12.6. The van der Waals surface area contributed by atoms with Crippen LogP contribution in [0.15, 0.2) is 34.3 Å². The lowest BCUT2D eigenvalue weighted by Gasteiger charge is -2.07. The fourth-order valence-corrected chi connectivity index (χ4v) is 2.77. The van der Waals surface area contributed by atoms with Crippen molar-refractivity contribution in [1.82, 2.24) is 5.32 Å². The predicted octanol–water partition coefficient (Wildman–Crippen LogP) is -0.209. The SMILES string of the molecule is COCCNCCS(=O)(=O)c1cccc(/C(N)=N/O)c1. The molecule has 112 valence electrons. The molecule has 0 amide bonds. The molecule has 0 unspecified atom stereocenters. The van der Waals surface area contributed by atoms with E-state index in [1.54, 1.807) is 19.2 Å². The van der Waals surface area contributed by atoms with Crippen LogP contribution in [0.1, 0.15) is 5.56 Å². The monoisotopic (exact) mass is 301 g/mol. The summed E-state index contributed by atoms with van der Waals surface area (Å²) in [6.45, 7) is 1.45. The van der Waals surface area contributed by atoms with Crippen molar-refractivity contribution in [2.75, 3.05) is 32.6 Å². The molecule has 0 saturated heterocycles. The van der Waals surface area contributed by atoms with Gasteiger partial charge < -0.3 is 21.0 Å². The quantitative estimate of drug-likeness (QED) is 0.201. The molecule has 0 atom stereocenters. The highest BCUT2D eigenvalue weighted by Gasteiger charge is 2.15. The molecule has 0 spiro atoms. The number of oxime groups is 1. The minimum absolute atomic E-state index is 0.0314. The first kappa shape index (κ1) is 16.4. The summed E-state index contributed by atoms with van der Waals surface area (Å²) in [5.74, 6) is -0.156. The van der Waals surface area contributed by atoms with Crippen LogP contribution >= 0.6 is 0 Å². The maximum Gasteiger partial charge on any atom is 0.179 e. The third kappa shape index (κ3) is 4.80. The number of amidine groups is 1. The molecule has 20 heavy (non-hydrogen) atoms. The van der Waals surface area contributed by atoms with E-state index in [9.17, 15) is 8.42 Å². The van der Waals surface area contributed by atoms with E-state index in [2.05, 4.69) is 10.5 Å². The summed E-state index contributed by atoms with van der Waals surface area (Å²) in [6, 6.07) is 6.00. The van der Waals surface area contributed by atoms with E-state index in [1.165, 1.54) is 12.1 Å². The molecule has 0 bridgehead atoms. The number of nitrogens with two attached hydrogens (primary N) is 1. The molecule has 0 heterocycles. The molecule has 0 radical (unpaired) electrons. The summed E-state index contributed by atoms with van der Waals surface area (Å²) in [6.07, 6.45) is 0. The summed E-state index contributed by atoms with van der Waals surface area (Å²) < 4.78 is 29.1. The number of hydrogen-bond donors (Lipinski definition) is 3. The molecule has 7 nitrogen and oxygen atoms in total. The van der Waals surface area contributed by atoms with Crippen molar-refractivity contribution >= 4 is 15.7 Å². The van der Waals surface area contributed by atoms with Gasteiger partial charge in [0.05, 0.1) is 17.3 Å². The number of nitrogens with one attached hydrogen (secondary N) is 1. The average molecular weight is 301 g/mol. The fraction of sp³-hybridized carbons (Fsp3) is 0.417.